The summed E-state index contributed by atoms with van der Waals surface area (Å²) in [5, 5.41) is 8.83. The first-order valence-electron chi connectivity index (χ1n) is 12.7. The zero-order valence-electron chi connectivity index (χ0n) is 21.9. The second kappa shape index (κ2) is 12.5. The monoisotopic (exact) mass is 549 g/mol. The molecule has 0 unspecified atom stereocenters. The van der Waals surface area contributed by atoms with E-state index in [4.69, 9.17) is 15.2 Å². The maximum atomic E-state index is 13.5. The molecular weight excluding hydrogens is 516 g/mol. The molecule has 212 valence electrons. The summed E-state index contributed by atoms with van der Waals surface area (Å²) in [6, 6.07) is 5.04. The lowest BCUT2D eigenvalue weighted by molar-refractivity contribution is -0.0367. The molecule has 2 aliphatic carbocycles. The molecule has 3 aromatic rings. The van der Waals surface area contributed by atoms with Crippen LogP contribution in [-0.4, -0.2) is 82.1 Å². The lowest BCUT2D eigenvalue weighted by Crippen LogP contribution is -2.56. The molecule has 6 rings (SSSR count). The van der Waals surface area contributed by atoms with E-state index in [2.05, 4.69) is 30.2 Å². The number of alkyl halides is 2. The van der Waals surface area contributed by atoms with Crippen molar-refractivity contribution in [1.82, 2.24) is 30.5 Å². The molecule has 2 saturated carbocycles. The number of H-pyrrole nitrogens is 1. The Morgan fingerprint density at radius 2 is 1.97 bits per heavy atom. The second-order valence-corrected chi connectivity index (χ2v) is 9.72. The Kier molecular flexibility index (Phi) is 9.07. The van der Waals surface area contributed by atoms with Crippen LogP contribution in [0.25, 0.3) is 11.0 Å². The van der Waals surface area contributed by atoms with E-state index < -0.39 is 31.0 Å². The van der Waals surface area contributed by atoms with Gasteiger partial charge in [0.05, 0.1) is 42.9 Å². The molecule has 14 heteroatoms. The van der Waals surface area contributed by atoms with Gasteiger partial charge in [0.15, 0.2) is 5.69 Å². The van der Waals surface area contributed by atoms with Gasteiger partial charge in [-0.05, 0) is 55.5 Å². The van der Waals surface area contributed by atoms with Crippen LogP contribution in [0, 0.1) is 6.92 Å². The minimum Gasteiger partial charge on any atom is -0.381 e. The number of aromatic nitrogens is 4. The van der Waals surface area contributed by atoms with Crippen molar-refractivity contribution in [1.29, 1.82) is 0 Å². The Labute approximate surface area is 223 Å². The molecular formula is C25H33F2N7O5. The summed E-state index contributed by atoms with van der Waals surface area (Å²) < 4.78 is 41.7. The van der Waals surface area contributed by atoms with E-state index in [9.17, 15) is 18.4 Å². The molecule has 12 nitrogen and oxygen atoms in total. The molecule has 1 aliphatic heterocycles. The van der Waals surface area contributed by atoms with Gasteiger partial charge in [-0.1, -0.05) is 11.2 Å². The molecule has 0 radical (unpaired) electrons. The van der Waals surface area contributed by atoms with E-state index in [-0.39, 0.29) is 12.2 Å². The number of benzene rings is 1. The van der Waals surface area contributed by atoms with Crippen molar-refractivity contribution in [3.05, 3.63) is 41.0 Å². The van der Waals surface area contributed by atoms with Gasteiger partial charge >= 0.3 is 6.03 Å². The van der Waals surface area contributed by atoms with E-state index >= 15 is 0 Å². The number of nitrogens with one attached hydrogen (secondary N) is 2. The number of halogens is 2. The molecule has 1 aromatic carbocycles. The molecule has 1 saturated heterocycles. The van der Waals surface area contributed by atoms with Crippen LogP contribution in [0.1, 0.15) is 53.3 Å². The Hall–Kier alpha value is -3.65. The minimum absolute atomic E-state index is 0.0926. The number of fused-ring (bicyclic) bond motifs is 1. The lowest BCUT2D eigenvalue weighted by atomic mass is 10.1. The number of carbonyl (C=O) groups is 2. The predicted molar refractivity (Wildman–Crippen MR) is 135 cm³/mol. The Bertz CT molecular complexity index is 1270. The third-order valence-corrected chi connectivity index (χ3v) is 6.14. The van der Waals surface area contributed by atoms with Crippen LogP contribution < -0.4 is 11.1 Å². The summed E-state index contributed by atoms with van der Waals surface area (Å²) in [7, 11) is 1.76. The first-order valence-corrected chi connectivity index (χ1v) is 12.7. The number of amides is 3. The number of aromatic amines is 1. The summed E-state index contributed by atoms with van der Waals surface area (Å²) >= 11 is 0. The number of hydrogen-bond acceptors (Lipinski definition) is 8. The van der Waals surface area contributed by atoms with Crippen LogP contribution in [0.5, 0.6) is 0 Å². The third-order valence-electron chi connectivity index (χ3n) is 6.14. The molecule has 2 aromatic heterocycles. The number of nitrogens with two attached hydrogens (primary N) is 1. The number of ether oxygens (including phenoxy) is 2. The fourth-order valence-corrected chi connectivity index (χ4v) is 3.71. The van der Waals surface area contributed by atoms with Crippen molar-refractivity contribution >= 4 is 23.0 Å². The standard InChI is InChI=1S/C17H20F2N4O2.C4H5N3O2.C4H8O/c18-17(19)9-20-16(24)23(10-17)8-11-1-4-13-14(7-11)22-15(21-13)5-6-25-12-2-3-12;1-2-3(4(5)8)7-9-6-2;1-5-4-2-3-4/h1,4,7,12H,2-3,5-6,8-10H2,(H,20,24)(H,21,22);1H3,(H2,5,8);4H,2-3H2,1H3. The largest absolute Gasteiger partial charge is 0.381 e. The van der Waals surface area contributed by atoms with Crippen LogP contribution in [0.15, 0.2) is 22.8 Å². The number of nitrogens with zero attached hydrogens (tertiary/aromatic N) is 4. The van der Waals surface area contributed by atoms with E-state index in [0.29, 0.717) is 30.9 Å². The summed E-state index contributed by atoms with van der Waals surface area (Å²) in [6.45, 7) is 1.20. The van der Waals surface area contributed by atoms with Crippen LogP contribution >= 0.6 is 0 Å². The molecule has 39 heavy (non-hydrogen) atoms. The number of carbonyl (C=O) groups excluding carboxylic acids is 2. The smallest absolute Gasteiger partial charge is 0.318 e. The maximum Gasteiger partial charge on any atom is 0.318 e. The second-order valence-electron chi connectivity index (χ2n) is 9.72. The van der Waals surface area contributed by atoms with Gasteiger partial charge < -0.3 is 30.4 Å². The molecule has 4 N–H and O–H groups in total. The van der Waals surface area contributed by atoms with Gasteiger partial charge in [-0.2, -0.15) is 0 Å². The SMILES string of the molecule is COC1CC1.Cc1nonc1C(N)=O.O=C1NCC(F)(F)CN1Cc1ccc2nc(CCOC3CC3)[nH]c2c1. The lowest BCUT2D eigenvalue weighted by Gasteiger charge is -2.32. The number of aryl methyl sites for hydroxylation is 1. The maximum absolute atomic E-state index is 13.5. The number of methoxy groups -OCH3 is 1. The molecule has 3 fully saturated rings. The quantitative estimate of drug-likeness (QED) is 0.386. The van der Waals surface area contributed by atoms with Crippen molar-refractivity contribution in [3.63, 3.8) is 0 Å². The fourth-order valence-electron chi connectivity index (χ4n) is 3.71. The zero-order valence-corrected chi connectivity index (χ0v) is 21.9. The molecule has 0 bridgehead atoms. The van der Waals surface area contributed by atoms with E-state index in [1.165, 1.54) is 12.8 Å². The van der Waals surface area contributed by atoms with E-state index in [1.54, 1.807) is 14.0 Å². The van der Waals surface area contributed by atoms with Crippen molar-refractivity contribution in [3.8, 4) is 0 Å². The predicted octanol–water partition coefficient (Wildman–Crippen LogP) is 2.72. The highest BCUT2D eigenvalue weighted by Gasteiger charge is 2.38. The zero-order chi connectivity index (χ0) is 28.0. The molecule has 0 spiro atoms. The van der Waals surface area contributed by atoms with Crippen molar-refractivity contribution in [2.45, 2.75) is 63.7 Å². The highest BCUT2D eigenvalue weighted by atomic mass is 19.3. The van der Waals surface area contributed by atoms with Gasteiger partial charge in [0.1, 0.15) is 11.5 Å². The van der Waals surface area contributed by atoms with Gasteiger partial charge in [-0.25, -0.2) is 23.2 Å². The molecule has 3 aliphatic rings. The van der Waals surface area contributed by atoms with Crippen LogP contribution in [-0.2, 0) is 22.4 Å². The van der Waals surface area contributed by atoms with Gasteiger partial charge in [0, 0.05) is 20.1 Å². The summed E-state index contributed by atoms with van der Waals surface area (Å²) in [5.41, 5.74) is 7.81. The molecule has 3 amide bonds. The molecule has 3 heterocycles. The van der Waals surface area contributed by atoms with Gasteiger partial charge in [0.25, 0.3) is 11.8 Å². The molecule has 0 atom stereocenters. The summed E-state index contributed by atoms with van der Waals surface area (Å²) in [6.07, 6.45) is 6.63. The number of primary amides is 1. The van der Waals surface area contributed by atoms with Crippen LogP contribution in [0.3, 0.4) is 0 Å². The van der Waals surface area contributed by atoms with Crippen LogP contribution in [0.2, 0.25) is 0 Å². The average molecular weight is 550 g/mol. The number of imidazole rings is 1. The Morgan fingerprint density at radius 3 is 2.54 bits per heavy atom. The van der Waals surface area contributed by atoms with E-state index in [1.807, 2.05) is 18.2 Å². The number of hydrogen-bond donors (Lipinski definition) is 3. The highest BCUT2D eigenvalue weighted by Crippen LogP contribution is 2.24. The first-order chi connectivity index (χ1) is 18.6. The highest BCUT2D eigenvalue weighted by molar-refractivity contribution is 5.91. The average Bonchev–Trinajstić information content (AvgIpc) is 3.81. The minimum atomic E-state index is -2.90. The number of rotatable bonds is 8. The first kappa shape index (κ1) is 28.4. The fraction of sp³-hybridized carbons (Fsp3) is 0.560. The Morgan fingerprint density at radius 1 is 1.23 bits per heavy atom. The van der Waals surface area contributed by atoms with Crippen LogP contribution in [0.4, 0.5) is 13.6 Å². The normalized spacial score (nSPS) is 18.1. The summed E-state index contributed by atoms with van der Waals surface area (Å²) in [4.78, 5) is 31.0. The summed E-state index contributed by atoms with van der Waals surface area (Å²) in [5.74, 6) is -2.68. The van der Waals surface area contributed by atoms with E-state index in [0.717, 1.165) is 40.2 Å². The van der Waals surface area contributed by atoms with Gasteiger partial charge in [-0.3, -0.25) is 4.79 Å². The van der Waals surface area contributed by atoms with Crippen molar-refractivity contribution in [2.24, 2.45) is 5.73 Å². The van der Waals surface area contributed by atoms with Crippen molar-refractivity contribution < 1.29 is 32.5 Å². The third kappa shape index (κ3) is 8.68. The van der Waals surface area contributed by atoms with Gasteiger partial charge in [-0.15, -0.1) is 0 Å². The number of urea groups is 1. The van der Waals surface area contributed by atoms with Gasteiger partial charge in [0.2, 0.25) is 0 Å². The topological polar surface area (TPSA) is 161 Å². The Balaban J connectivity index is 0.000000206. The van der Waals surface area contributed by atoms with Crippen molar-refractivity contribution in [2.75, 3.05) is 26.8 Å².